The molecule has 1 saturated carbocycles. The van der Waals surface area contributed by atoms with E-state index in [4.69, 9.17) is 27.9 Å². The molecule has 4 aromatic rings. The van der Waals surface area contributed by atoms with Gasteiger partial charge in [-0.3, -0.25) is 4.79 Å². The number of anilines is 1. The number of hydrogen-bond donors (Lipinski definition) is 1. The van der Waals surface area contributed by atoms with Gasteiger partial charge in [0.05, 0.1) is 11.3 Å². The number of ether oxygens (including phenoxy) is 1. The van der Waals surface area contributed by atoms with Crippen molar-refractivity contribution in [2.75, 3.05) is 32.1 Å². The third kappa shape index (κ3) is 7.30. The average Bonchev–Trinajstić information content (AvgIpc) is 3.67. The molecule has 6 rings (SSSR count). The van der Waals surface area contributed by atoms with E-state index in [1.54, 1.807) is 0 Å². The summed E-state index contributed by atoms with van der Waals surface area (Å²) in [5.41, 5.74) is -3.29. The summed E-state index contributed by atoms with van der Waals surface area (Å²) in [6, 6.07) is 1.29. The standard InChI is InChI=1S/C31H31Cl2F6N9O4/c1-16(30(34,35)36)47-24(12-21(42-47)28(49)44(2)3)45-10-8-29(50,9-11-45)18-6-7-23(40-27(18)31(37,38)39)52-15-22-25(17-4-5-17)41-43-48(22)26-19(32)13-46(51)14-20(26)33/h6-7,12-14,16-17,50H,4-5,8-11,15H2,1-3H3. The minimum absolute atomic E-state index is 0.0228. The van der Waals surface area contributed by atoms with Gasteiger partial charge in [-0.2, -0.15) is 36.2 Å². The molecule has 1 N–H and O–H groups in total. The van der Waals surface area contributed by atoms with E-state index < -0.39 is 47.0 Å². The van der Waals surface area contributed by atoms with Crippen LogP contribution in [0.25, 0.3) is 5.69 Å². The second kappa shape index (κ2) is 13.6. The summed E-state index contributed by atoms with van der Waals surface area (Å²) in [6.07, 6.45) is -6.70. The van der Waals surface area contributed by atoms with E-state index >= 15 is 0 Å². The second-order valence-corrected chi connectivity index (χ2v) is 13.7. The van der Waals surface area contributed by atoms with E-state index in [1.165, 1.54) is 35.8 Å². The molecule has 0 spiro atoms. The highest BCUT2D eigenvalue weighted by atomic mass is 35.5. The number of piperidine rings is 1. The van der Waals surface area contributed by atoms with Gasteiger partial charge in [-0.1, -0.05) is 28.4 Å². The largest absolute Gasteiger partial charge is 0.619 e. The SMILES string of the molecule is CC(n1nc(C(=O)N(C)C)cc1N1CCC(O)(c2ccc(OCc3c(C4CC4)nnn3-c3c(Cl)c[n+]([O-])cc3Cl)nc2C(F)(F)F)CC1)C(F)(F)F. The first-order chi connectivity index (χ1) is 24.3. The summed E-state index contributed by atoms with van der Waals surface area (Å²) in [5.74, 6) is -1.12. The van der Waals surface area contributed by atoms with Gasteiger partial charge in [0.1, 0.15) is 39.9 Å². The second-order valence-electron chi connectivity index (χ2n) is 12.9. The quantitative estimate of drug-likeness (QED) is 0.131. The Morgan fingerprint density at radius 3 is 2.33 bits per heavy atom. The van der Waals surface area contributed by atoms with Crippen LogP contribution in [-0.2, 0) is 18.4 Å². The highest BCUT2D eigenvalue weighted by Gasteiger charge is 2.46. The number of hydrogen-bond acceptors (Lipinski definition) is 9. The maximum atomic E-state index is 14.5. The molecule has 0 radical (unpaired) electrons. The summed E-state index contributed by atoms with van der Waals surface area (Å²) >= 11 is 12.6. The van der Waals surface area contributed by atoms with Gasteiger partial charge < -0.3 is 24.9 Å². The summed E-state index contributed by atoms with van der Waals surface area (Å²) in [4.78, 5) is 18.9. The molecule has 2 aliphatic rings. The minimum Gasteiger partial charge on any atom is -0.619 e. The molecular weight excluding hydrogens is 747 g/mol. The molecule has 5 heterocycles. The summed E-state index contributed by atoms with van der Waals surface area (Å²) in [6.45, 7) is 0.172. The third-order valence-electron chi connectivity index (χ3n) is 9.00. The Morgan fingerprint density at radius 2 is 1.77 bits per heavy atom. The zero-order chi connectivity index (χ0) is 37.9. The Hall–Kier alpha value is -4.36. The lowest BCUT2D eigenvalue weighted by molar-refractivity contribution is -0.605. The van der Waals surface area contributed by atoms with E-state index in [9.17, 15) is 41.5 Å². The van der Waals surface area contributed by atoms with Gasteiger partial charge in [0, 0.05) is 50.8 Å². The molecule has 1 unspecified atom stereocenters. The highest BCUT2D eigenvalue weighted by Crippen LogP contribution is 2.44. The van der Waals surface area contributed by atoms with Crippen molar-refractivity contribution in [2.24, 2.45) is 0 Å². The van der Waals surface area contributed by atoms with Crippen LogP contribution >= 0.6 is 23.2 Å². The van der Waals surface area contributed by atoms with Crippen molar-refractivity contribution in [2.45, 2.75) is 69.1 Å². The van der Waals surface area contributed by atoms with Crippen LogP contribution in [0, 0.1) is 5.21 Å². The summed E-state index contributed by atoms with van der Waals surface area (Å²) in [5, 5.41) is 35.5. The highest BCUT2D eigenvalue weighted by molar-refractivity contribution is 6.37. The van der Waals surface area contributed by atoms with Crippen molar-refractivity contribution in [1.82, 2.24) is 34.7 Å². The number of nitrogens with zero attached hydrogens (tertiary/aromatic N) is 9. The molecule has 280 valence electrons. The van der Waals surface area contributed by atoms with E-state index in [-0.39, 0.29) is 65.7 Å². The molecule has 1 amide bonds. The van der Waals surface area contributed by atoms with Crippen LogP contribution < -0.4 is 14.4 Å². The predicted molar refractivity (Wildman–Crippen MR) is 172 cm³/mol. The van der Waals surface area contributed by atoms with Crippen molar-refractivity contribution in [3.63, 3.8) is 0 Å². The van der Waals surface area contributed by atoms with Gasteiger partial charge in [0.25, 0.3) is 5.91 Å². The molecule has 2 fully saturated rings. The van der Waals surface area contributed by atoms with Gasteiger partial charge in [-0.05, 0) is 38.7 Å². The van der Waals surface area contributed by atoms with Gasteiger partial charge in [-0.15, -0.1) is 5.10 Å². The van der Waals surface area contributed by atoms with Gasteiger partial charge in [-0.25, -0.2) is 14.3 Å². The number of alkyl halides is 6. The monoisotopic (exact) mass is 777 g/mol. The molecule has 52 heavy (non-hydrogen) atoms. The van der Waals surface area contributed by atoms with Crippen molar-refractivity contribution in [3.05, 3.63) is 74.2 Å². The molecule has 0 bridgehead atoms. The lowest BCUT2D eigenvalue weighted by Crippen LogP contribution is -2.45. The molecule has 1 aliphatic carbocycles. The van der Waals surface area contributed by atoms with Gasteiger partial charge in [0.15, 0.2) is 11.4 Å². The molecule has 21 heteroatoms. The molecule has 0 aromatic carbocycles. The van der Waals surface area contributed by atoms with Crippen LogP contribution in [0.5, 0.6) is 5.88 Å². The Bertz CT molecular complexity index is 1970. The fraction of sp³-hybridized carbons (Fsp3) is 0.484. The van der Waals surface area contributed by atoms with Gasteiger partial charge in [0.2, 0.25) is 18.3 Å². The van der Waals surface area contributed by atoms with E-state index in [0.29, 0.717) is 20.8 Å². The molecule has 4 aromatic heterocycles. The average molecular weight is 779 g/mol. The van der Waals surface area contributed by atoms with Crippen LogP contribution in [0.15, 0.2) is 30.6 Å². The predicted octanol–water partition coefficient (Wildman–Crippen LogP) is 5.59. The summed E-state index contributed by atoms with van der Waals surface area (Å²) in [7, 11) is 2.83. The van der Waals surface area contributed by atoms with Crippen LogP contribution in [0.1, 0.15) is 77.7 Å². The smallest absolute Gasteiger partial charge is 0.433 e. The fourth-order valence-corrected chi connectivity index (χ4v) is 6.61. The molecule has 1 atom stereocenters. The first-order valence-electron chi connectivity index (χ1n) is 15.9. The maximum Gasteiger partial charge on any atom is 0.433 e. The topological polar surface area (TPSA) is 141 Å². The number of rotatable bonds is 9. The first kappa shape index (κ1) is 37.4. The molecular formula is C31H31Cl2F6N9O4. The number of aromatic nitrogens is 7. The van der Waals surface area contributed by atoms with Crippen molar-refractivity contribution in [1.29, 1.82) is 0 Å². The van der Waals surface area contributed by atoms with E-state index in [1.807, 2.05) is 0 Å². The number of halogens is 8. The van der Waals surface area contributed by atoms with Crippen LogP contribution in [0.3, 0.4) is 0 Å². The zero-order valence-electron chi connectivity index (χ0n) is 27.7. The fourth-order valence-electron chi connectivity index (χ4n) is 6.01. The number of aliphatic hydroxyl groups is 1. The lowest BCUT2D eigenvalue weighted by Gasteiger charge is -2.40. The minimum atomic E-state index is -5.04. The first-order valence-corrected chi connectivity index (χ1v) is 16.6. The summed E-state index contributed by atoms with van der Waals surface area (Å²) < 4.78 is 92.9. The van der Waals surface area contributed by atoms with Crippen LogP contribution in [0.4, 0.5) is 32.2 Å². The Morgan fingerprint density at radius 1 is 1.13 bits per heavy atom. The Kier molecular flexibility index (Phi) is 9.75. The Labute approximate surface area is 301 Å². The van der Waals surface area contributed by atoms with Crippen molar-refractivity contribution < 1.29 is 45.7 Å². The number of pyridine rings is 2. The number of carbonyl (C=O) groups excluding carboxylic acids is 1. The number of amides is 1. The van der Waals surface area contributed by atoms with Crippen LogP contribution in [0.2, 0.25) is 10.0 Å². The molecule has 1 aliphatic heterocycles. The normalized spacial score (nSPS) is 17.0. The van der Waals surface area contributed by atoms with E-state index in [0.717, 1.165) is 43.1 Å². The van der Waals surface area contributed by atoms with Crippen molar-refractivity contribution in [3.8, 4) is 11.6 Å². The molecule has 13 nitrogen and oxygen atoms in total. The maximum absolute atomic E-state index is 14.5. The molecule has 1 saturated heterocycles. The van der Waals surface area contributed by atoms with Crippen LogP contribution in [-0.4, -0.2) is 79.0 Å². The zero-order valence-corrected chi connectivity index (χ0v) is 29.2. The number of carbonyl (C=O) groups is 1. The Balaban J connectivity index is 1.26. The van der Waals surface area contributed by atoms with Crippen molar-refractivity contribution >= 4 is 34.9 Å². The van der Waals surface area contributed by atoms with E-state index in [2.05, 4.69) is 20.4 Å². The third-order valence-corrected chi connectivity index (χ3v) is 9.55. The lowest BCUT2D eigenvalue weighted by atomic mass is 9.83. The van der Waals surface area contributed by atoms with Gasteiger partial charge >= 0.3 is 12.4 Å².